The third kappa shape index (κ3) is 3.46. The van der Waals surface area contributed by atoms with Crippen LogP contribution in [-0.2, 0) is 19.4 Å². The maximum Gasteiger partial charge on any atom is 0.324 e. The molecule has 0 spiro atoms. The fourth-order valence-electron chi connectivity index (χ4n) is 2.85. The van der Waals surface area contributed by atoms with Crippen LogP contribution in [0.2, 0.25) is 0 Å². The lowest BCUT2D eigenvalue weighted by Gasteiger charge is -2.29. The van der Waals surface area contributed by atoms with Gasteiger partial charge in [0.2, 0.25) is 0 Å². The van der Waals surface area contributed by atoms with Crippen molar-refractivity contribution < 1.29 is 14.8 Å². The highest BCUT2D eigenvalue weighted by Crippen LogP contribution is 2.32. The fraction of sp³-hybridized carbons (Fsp3) is 0.375. The van der Waals surface area contributed by atoms with E-state index in [0.29, 0.717) is 5.75 Å². The van der Waals surface area contributed by atoms with Crippen LogP contribution in [0.5, 0.6) is 11.5 Å². The second kappa shape index (κ2) is 6.55. The van der Waals surface area contributed by atoms with E-state index in [0.717, 1.165) is 42.9 Å². The molecular weight excluding hydrogens is 316 g/mol. The quantitative estimate of drug-likeness (QED) is 0.672. The second-order valence-corrected chi connectivity index (χ2v) is 6.71. The summed E-state index contributed by atoms with van der Waals surface area (Å²) >= 11 is 1.24. The monoisotopic (exact) mass is 334 g/mol. The van der Waals surface area contributed by atoms with Gasteiger partial charge >= 0.3 is 5.00 Å². The Labute approximate surface area is 138 Å². The SMILES string of the molecule is COc1cc2c(cc1O)CCN(CCc1ccc([N+](=O)[O-])s1)C2. The van der Waals surface area contributed by atoms with Gasteiger partial charge in [0.25, 0.3) is 0 Å². The van der Waals surface area contributed by atoms with Gasteiger partial charge in [-0.3, -0.25) is 15.0 Å². The van der Waals surface area contributed by atoms with E-state index in [2.05, 4.69) is 4.90 Å². The van der Waals surface area contributed by atoms with E-state index in [1.54, 1.807) is 19.2 Å². The topological polar surface area (TPSA) is 75.8 Å². The first-order chi connectivity index (χ1) is 11.1. The molecule has 1 aromatic heterocycles. The molecule has 7 heteroatoms. The van der Waals surface area contributed by atoms with Gasteiger partial charge in [-0.1, -0.05) is 11.3 Å². The van der Waals surface area contributed by atoms with Crippen LogP contribution in [0, 0.1) is 10.1 Å². The number of phenols is 1. The summed E-state index contributed by atoms with van der Waals surface area (Å²) in [6, 6.07) is 7.09. The molecule has 1 aliphatic heterocycles. The highest BCUT2D eigenvalue weighted by Gasteiger charge is 2.19. The zero-order valence-corrected chi connectivity index (χ0v) is 13.6. The molecule has 122 valence electrons. The second-order valence-electron chi connectivity index (χ2n) is 5.57. The number of nitro groups is 1. The molecule has 0 aliphatic carbocycles. The molecule has 0 atom stereocenters. The zero-order chi connectivity index (χ0) is 16.4. The molecule has 1 aliphatic rings. The van der Waals surface area contributed by atoms with Crippen LogP contribution < -0.4 is 4.74 Å². The van der Waals surface area contributed by atoms with Gasteiger partial charge < -0.3 is 9.84 Å². The Morgan fingerprint density at radius 1 is 1.39 bits per heavy atom. The van der Waals surface area contributed by atoms with Crippen LogP contribution in [0.25, 0.3) is 0 Å². The number of benzene rings is 1. The number of phenolic OH excluding ortho intramolecular Hbond substituents is 1. The van der Waals surface area contributed by atoms with Crippen molar-refractivity contribution in [2.24, 2.45) is 0 Å². The Balaban J connectivity index is 1.63. The summed E-state index contributed by atoms with van der Waals surface area (Å²) in [6.45, 7) is 2.59. The number of rotatable bonds is 5. The third-order valence-electron chi connectivity index (χ3n) is 4.09. The summed E-state index contributed by atoms with van der Waals surface area (Å²) < 4.78 is 5.17. The van der Waals surface area contributed by atoms with Gasteiger partial charge in [0.1, 0.15) is 0 Å². The first kappa shape index (κ1) is 15.8. The molecule has 1 aromatic carbocycles. The number of fused-ring (bicyclic) bond motifs is 1. The van der Waals surface area contributed by atoms with Gasteiger partial charge in [0, 0.05) is 30.6 Å². The van der Waals surface area contributed by atoms with E-state index in [4.69, 9.17) is 4.74 Å². The van der Waals surface area contributed by atoms with E-state index in [1.165, 1.54) is 16.9 Å². The van der Waals surface area contributed by atoms with Crippen molar-refractivity contribution in [2.45, 2.75) is 19.4 Å². The summed E-state index contributed by atoms with van der Waals surface area (Å²) in [7, 11) is 1.55. The highest BCUT2D eigenvalue weighted by molar-refractivity contribution is 7.15. The van der Waals surface area contributed by atoms with Gasteiger partial charge in [0.05, 0.1) is 12.0 Å². The summed E-state index contributed by atoms with van der Waals surface area (Å²) in [5.74, 6) is 0.685. The van der Waals surface area contributed by atoms with Gasteiger partial charge in [-0.05, 0) is 42.2 Å². The van der Waals surface area contributed by atoms with Crippen molar-refractivity contribution in [1.82, 2.24) is 4.90 Å². The van der Waals surface area contributed by atoms with Crippen molar-refractivity contribution in [3.8, 4) is 11.5 Å². The first-order valence-electron chi connectivity index (χ1n) is 7.41. The number of hydrogen-bond acceptors (Lipinski definition) is 6. The average Bonchev–Trinajstić information content (AvgIpc) is 3.01. The van der Waals surface area contributed by atoms with Crippen LogP contribution in [0.1, 0.15) is 16.0 Å². The number of hydrogen-bond donors (Lipinski definition) is 1. The number of ether oxygens (including phenoxy) is 1. The molecule has 0 fully saturated rings. The van der Waals surface area contributed by atoms with E-state index >= 15 is 0 Å². The fourth-order valence-corrected chi connectivity index (χ4v) is 3.66. The summed E-state index contributed by atoms with van der Waals surface area (Å²) in [5.41, 5.74) is 2.33. The van der Waals surface area contributed by atoms with Crippen molar-refractivity contribution in [3.63, 3.8) is 0 Å². The molecule has 3 rings (SSSR count). The minimum absolute atomic E-state index is 0.186. The smallest absolute Gasteiger partial charge is 0.324 e. The Morgan fingerprint density at radius 3 is 2.91 bits per heavy atom. The minimum atomic E-state index is -0.343. The normalized spacial score (nSPS) is 14.5. The molecular formula is C16H18N2O4S. The number of methoxy groups -OCH3 is 1. The van der Waals surface area contributed by atoms with Gasteiger partial charge in [-0.15, -0.1) is 0 Å². The van der Waals surface area contributed by atoms with Crippen LogP contribution in [0.3, 0.4) is 0 Å². The predicted octanol–water partition coefficient (Wildman–Crippen LogP) is 2.97. The zero-order valence-electron chi connectivity index (χ0n) is 12.8. The Bertz CT molecular complexity index is 729. The first-order valence-corrected chi connectivity index (χ1v) is 8.22. The lowest BCUT2D eigenvalue weighted by molar-refractivity contribution is -0.380. The standard InChI is InChI=1S/C16H18N2O4S/c1-22-15-9-12-10-17(6-4-11(12)8-14(15)19)7-5-13-2-3-16(23-13)18(20)21/h2-3,8-9,19H,4-7,10H2,1H3. The molecule has 0 amide bonds. The third-order valence-corrected chi connectivity index (χ3v) is 5.19. The largest absolute Gasteiger partial charge is 0.504 e. The number of aromatic hydroxyl groups is 1. The van der Waals surface area contributed by atoms with E-state index < -0.39 is 0 Å². The molecule has 1 N–H and O–H groups in total. The van der Waals surface area contributed by atoms with Crippen molar-refractivity contribution in [1.29, 1.82) is 0 Å². The summed E-state index contributed by atoms with van der Waals surface area (Å²) in [4.78, 5) is 13.7. The summed E-state index contributed by atoms with van der Waals surface area (Å²) in [5, 5.41) is 20.8. The lowest BCUT2D eigenvalue weighted by Crippen LogP contribution is -2.32. The predicted molar refractivity (Wildman–Crippen MR) is 88.3 cm³/mol. The molecule has 2 heterocycles. The van der Waals surface area contributed by atoms with E-state index in [9.17, 15) is 15.2 Å². The molecule has 6 nitrogen and oxygen atoms in total. The van der Waals surface area contributed by atoms with Gasteiger partial charge in [-0.25, -0.2) is 0 Å². The highest BCUT2D eigenvalue weighted by atomic mass is 32.1. The lowest BCUT2D eigenvalue weighted by atomic mass is 9.98. The van der Waals surface area contributed by atoms with Crippen molar-refractivity contribution in [2.75, 3.05) is 20.2 Å². The van der Waals surface area contributed by atoms with Crippen LogP contribution in [-0.4, -0.2) is 35.1 Å². The molecule has 0 bridgehead atoms. The maximum absolute atomic E-state index is 10.7. The Morgan fingerprint density at radius 2 is 2.22 bits per heavy atom. The molecule has 0 unspecified atom stereocenters. The average molecular weight is 334 g/mol. The molecule has 0 saturated heterocycles. The Kier molecular flexibility index (Phi) is 4.49. The van der Waals surface area contributed by atoms with Crippen LogP contribution in [0.4, 0.5) is 5.00 Å². The van der Waals surface area contributed by atoms with Crippen molar-refractivity contribution >= 4 is 16.3 Å². The van der Waals surface area contributed by atoms with E-state index in [-0.39, 0.29) is 15.7 Å². The number of thiophene rings is 1. The number of nitrogens with zero attached hydrogens (tertiary/aromatic N) is 2. The minimum Gasteiger partial charge on any atom is -0.504 e. The van der Waals surface area contributed by atoms with Crippen molar-refractivity contribution in [3.05, 3.63) is 50.4 Å². The maximum atomic E-state index is 10.7. The van der Waals surface area contributed by atoms with Crippen LogP contribution >= 0.6 is 11.3 Å². The van der Waals surface area contributed by atoms with Crippen LogP contribution in [0.15, 0.2) is 24.3 Å². The molecule has 23 heavy (non-hydrogen) atoms. The summed E-state index contributed by atoms with van der Waals surface area (Å²) in [6.07, 6.45) is 1.69. The Hall–Kier alpha value is -2.12. The van der Waals surface area contributed by atoms with E-state index in [1.807, 2.05) is 12.1 Å². The molecule has 0 saturated carbocycles. The molecule has 0 radical (unpaired) electrons. The molecule has 2 aromatic rings. The van der Waals surface area contributed by atoms with Gasteiger partial charge in [-0.2, -0.15) is 0 Å². The van der Waals surface area contributed by atoms with Gasteiger partial charge in [0.15, 0.2) is 11.5 Å².